The Balaban J connectivity index is 0.848. The van der Waals surface area contributed by atoms with E-state index in [0.717, 1.165) is 49.6 Å². The molecular weight excluding hydrogens is 949 g/mol. The molecule has 1 unspecified atom stereocenters. The predicted molar refractivity (Wildman–Crippen MR) is 264 cm³/mol. The third-order valence-electron chi connectivity index (χ3n) is 13.4. The van der Waals surface area contributed by atoms with Crippen molar-refractivity contribution in [1.82, 2.24) is 30.4 Å². The number of urea groups is 1. The highest BCUT2D eigenvalue weighted by Crippen LogP contribution is 2.47. The van der Waals surface area contributed by atoms with Crippen LogP contribution in [0.25, 0.3) is 22.3 Å². The zero-order valence-corrected chi connectivity index (χ0v) is 41.2. The molecule has 21 heteroatoms. The number of aryl methyl sites for hydroxylation is 1. The number of nitrogens with zero attached hydrogens (tertiary/aromatic N) is 3. The van der Waals surface area contributed by atoms with Gasteiger partial charge in [-0.3, -0.25) is 33.7 Å². The molecule has 0 saturated carbocycles. The van der Waals surface area contributed by atoms with Gasteiger partial charge in [0.1, 0.15) is 24.4 Å². The number of pyridine rings is 2. The molecule has 2 aromatic carbocycles. The summed E-state index contributed by atoms with van der Waals surface area (Å²) in [4.78, 5) is 109. The summed E-state index contributed by atoms with van der Waals surface area (Å²) in [6, 6.07) is 9.68. The van der Waals surface area contributed by atoms with Gasteiger partial charge in [0.15, 0.2) is 12.4 Å². The zero-order valence-electron chi connectivity index (χ0n) is 41.4. The van der Waals surface area contributed by atoms with Crippen molar-refractivity contribution in [3.63, 3.8) is 0 Å². The maximum absolute atomic E-state index is 13.8. The van der Waals surface area contributed by atoms with Gasteiger partial charge in [0.05, 0.1) is 40.5 Å². The van der Waals surface area contributed by atoms with Gasteiger partial charge < -0.3 is 50.9 Å². The number of fused-ring (bicyclic) bond motifs is 5. The minimum absolute atomic E-state index is 0.0568. The molecule has 8 rings (SSSR count). The normalized spacial score (nSPS) is 18.7. The van der Waals surface area contributed by atoms with Gasteiger partial charge in [-0.1, -0.05) is 39.3 Å². The number of aliphatic hydroxyl groups is 1. The molecular formula is C51H60N8O12S. The van der Waals surface area contributed by atoms with Crippen LogP contribution >= 0.6 is 11.8 Å². The van der Waals surface area contributed by atoms with E-state index in [4.69, 9.17) is 26.3 Å². The Kier molecular flexibility index (Phi) is 15.5. The van der Waals surface area contributed by atoms with E-state index in [-0.39, 0.29) is 93.2 Å². The number of nitrogens with two attached hydrogens (primary N) is 1. The van der Waals surface area contributed by atoms with E-state index in [1.54, 1.807) is 67.4 Å². The topological polar surface area (TPSA) is 280 Å². The number of likely N-dealkylation sites (tertiary alicyclic amines) is 1. The summed E-state index contributed by atoms with van der Waals surface area (Å²) in [5.74, 6) is -2.01. The van der Waals surface area contributed by atoms with Crippen LogP contribution in [-0.2, 0) is 70.0 Å². The maximum atomic E-state index is 13.8. The number of ether oxygens (including phenoxy) is 3. The second kappa shape index (κ2) is 22.3. The highest BCUT2D eigenvalue weighted by atomic mass is 32.2. The number of anilines is 1. The third-order valence-corrected chi connectivity index (χ3v) is 14.5. The number of rotatable bonds is 22. The van der Waals surface area contributed by atoms with E-state index in [0.29, 0.717) is 55.1 Å². The number of carbonyl (C=O) groups excluding carboxylic acids is 7. The standard InChI is InChI=1S/C51H60N8O12S/c1-4-51(68)34-23-37-44-32(24-59(37)48(65)33(34)26-70-49(51)66)31-19-22-72-45-38(16-15-35(55-44)42(31)45)71-27-69-25-29-11-13-30(14-12-29)54-46(63)36(9-8-20-53-50(52)67)56-47(64)43(28(2)3)57-39(60)10-6-5-7-21-58-40(61)17-18-41(58)62/h11-16,23,28,36,43,68H,4-10,17-22,24-27H2,1-3H3,(H,54,63)(H,56,64)(H,57,60)(H3,52,53,67)/t36-,43-,51-/m0/s1/i17T/t17?,36-,43-,51-. The Morgan fingerprint density at radius 1 is 0.972 bits per heavy atom. The van der Waals surface area contributed by atoms with Gasteiger partial charge in [-0.05, 0) is 85.9 Å². The Labute approximate surface area is 420 Å². The first-order valence-electron chi connectivity index (χ1n) is 24.8. The molecule has 4 atom stereocenters. The van der Waals surface area contributed by atoms with Crippen LogP contribution in [0.5, 0.6) is 5.75 Å². The molecule has 6 heterocycles. The number of aromatic nitrogens is 2. The van der Waals surface area contributed by atoms with Crippen LogP contribution < -0.4 is 37.3 Å². The maximum Gasteiger partial charge on any atom is 0.343 e. The number of primary amides is 1. The minimum Gasteiger partial charge on any atom is -0.466 e. The van der Waals surface area contributed by atoms with Crippen molar-refractivity contribution in [2.45, 2.75) is 127 Å². The van der Waals surface area contributed by atoms with Crippen LogP contribution in [0.2, 0.25) is 0 Å². The highest BCUT2D eigenvalue weighted by Gasteiger charge is 2.46. The lowest BCUT2D eigenvalue weighted by Gasteiger charge is -2.31. The van der Waals surface area contributed by atoms with Crippen molar-refractivity contribution in [3.8, 4) is 17.1 Å². The van der Waals surface area contributed by atoms with Gasteiger partial charge in [-0.2, -0.15) is 0 Å². The molecule has 72 heavy (non-hydrogen) atoms. The number of nitrogens with one attached hydrogen (secondary N) is 4. The lowest BCUT2D eigenvalue weighted by molar-refractivity contribution is -0.172. The lowest BCUT2D eigenvalue weighted by Crippen LogP contribution is -2.54. The fourth-order valence-corrected chi connectivity index (χ4v) is 10.6. The van der Waals surface area contributed by atoms with Crippen LogP contribution in [-0.4, -0.2) is 98.8 Å². The van der Waals surface area contributed by atoms with Gasteiger partial charge in [0.25, 0.3) is 5.56 Å². The number of carbonyl (C=O) groups is 7. The van der Waals surface area contributed by atoms with Gasteiger partial charge in [0.2, 0.25) is 29.5 Å². The summed E-state index contributed by atoms with van der Waals surface area (Å²) in [5.41, 5.74) is 8.72. The second-order valence-corrected chi connectivity index (χ2v) is 19.7. The first kappa shape index (κ1) is 50.1. The Bertz CT molecular complexity index is 2910. The molecule has 0 bridgehead atoms. The van der Waals surface area contributed by atoms with E-state index in [1.807, 2.05) is 12.1 Å². The van der Waals surface area contributed by atoms with E-state index in [9.17, 15) is 43.5 Å². The van der Waals surface area contributed by atoms with Crippen LogP contribution in [0.15, 0.2) is 52.2 Å². The molecule has 1 fully saturated rings. The largest absolute Gasteiger partial charge is 0.466 e. The summed E-state index contributed by atoms with van der Waals surface area (Å²) < 4.78 is 26.6. The Hall–Kier alpha value is -6.84. The number of benzene rings is 2. The third kappa shape index (κ3) is 11.0. The molecule has 1 saturated heterocycles. The molecule has 4 aromatic rings. The second-order valence-electron chi connectivity index (χ2n) is 18.6. The SMILES string of the molecule is [3H]C1CC(=O)N(CCCCCC(=O)N[C@H](C(=O)N[C@@H](CCCNC(N)=O)C(=O)Nc2ccc(COCOc3ccc4nc5c(c6c4c3SCC6)Cn3c-5cc4c(c3=O)COC(=O)[C@]4(O)CC)cc2)C(C)C)C1=O. The summed E-state index contributed by atoms with van der Waals surface area (Å²) >= 11 is 1.66. The molecule has 0 radical (unpaired) electrons. The van der Waals surface area contributed by atoms with Crippen molar-refractivity contribution >= 4 is 69.9 Å². The number of imide groups is 1. The number of thioether (sulfide) groups is 1. The molecule has 0 spiro atoms. The van der Waals surface area contributed by atoms with Crippen molar-refractivity contribution < 1.29 is 54.2 Å². The number of esters is 1. The smallest absolute Gasteiger partial charge is 0.343 e. The van der Waals surface area contributed by atoms with Gasteiger partial charge in [-0.15, -0.1) is 11.8 Å². The Morgan fingerprint density at radius 3 is 2.49 bits per heavy atom. The molecule has 7 N–H and O–H groups in total. The van der Waals surface area contributed by atoms with Crippen molar-refractivity contribution in [2.24, 2.45) is 11.7 Å². The first-order chi connectivity index (χ1) is 35.0. The van der Waals surface area contributed by atoms with E-state index >= 15 is 0 Å². The van der Waals surface area contributed by atoms with E-state index in [1.165, 1.54) is 0 Å². The molecule has 0 aliphatic carbocycles. The van der Waals surface area contributed by atoms with Crippen molar-refractivity contribution in [3.05, 3.63) is 80.6 Å². The van der Waals surface area contributed by atoms with Crippen LogP contribution in [0.1, 0.15) is 108 Å². The molecule has 7 amide bonds. The fraction of sp³-hybridized carbons (Fsp3) is 0.471. The average Bonchev–Trinajstić information content (AvgIpc) is 3.86. The number of amides is 7. The molecule has 20 nitrogen and oxygen atoms in total. The number of hydrogen-bond acceptors (Lipinski definition) is 14. The average molecular weight is 1010 g/mol. The van der Waals surface area contributed by atoms with Crippen LogP contribution in [0.3, 0.4) is 0 Å². The number of hydrogen-bond donors (Lipinski definition) is 6. The predicted octanol–water partition coefficient (Wildman–Crippen LogP) is 4.00. The minimum atomic E-state index is -1.91. The quantitative estimate of drug-likeness (QED) is 0.0248. The lowest BCUT2D eigenvalue weighted by atomic mass is 9.86. The summed E-state index contributed by atoms with van der Waals surface area (Å²) in [5, 5.41) is 23.1. The summed E-state index contributed by atoms with van der Waals surface area (Å²) in [7, 11) is 0. The van der Waals surface area contributed by atoms with Crippen LogP contribution in [0, 0.1) is 5.92 Å². The molecule has 382 valence electrons. The summed E-state index contributed by atoms with van der Waals surface area (Å²) in [6.07, 6.45) is 1.67. The monoisotopic (exact) mass is 1010 g/mol. The van der Waals surface area contributed by atoms with Gasteiger partial charge >= 0.3 is 12.0 Å². The number of cyclic esters (lactones) is 1. The van der Waals surface area contributed by atoms with Gasteiger partial charge in [0, 0.05) is 61.7 Å². The molecule has 4 aliphatic heterocycles. The fourth-order valence-electron chi connectivity index (χ4n) is 9.49. The molecule has 4 aliphatic rings. The number of unbranched alkanes of at least 4 members (excludes halogenated alkanes) is 2. The zero-order chi connectivity index (χ0) is 52.1. The molecule has 2 aromatic heterocycles. The van der Waals surface area contributed by atoms with Crippen molar-refractivity contribution in [1.29, 1.82) is 0 Å². The summed E-state index contributed by atoms with van der Waals surface area (Å²) in [6.45, 7) is 5.79. The van der Waals surface area contributed by atoms with E-state index < -0.39 is 53.8 Å². The van der Waals surface area contributed by atoms with Crippen molar-refractivity contribution in [2.75, 3.05) is 31.0 Å². The van der Waals surface area contributed by atoms with Crippen LogP contribution in [0.4, 0.5) is 10.5 Å². The first-order valence-corrected chi connectivity index (χ1v) is 25.3. The van der Waals surface area contributed by atoms with E-state index in [2.05, 4.69) is 21.3 Å². The Morgan fingerprint density at radius 2 is 1.76 bits per heavy atom. The highest BCUT2D eigenvalue weighted by molar-refractivity contribution is 7.99. The van der Waals surface area contributed by atoms with Gasteiger partial charge in [-0.25, -0.2) is 14.6 Å².